The summed E-state index contributed by atoms with van der Waals surface area (Å²) < 4.78 is 14.2. The van der Waals surface area contributed by atoms with E-state index in [4.69, 9.17) is 20.9 Å². The highest BCUT2D eigenvalue weighted by atomic mass is 32.1. The van der Waals surface area contributed by atoms with E-state index in [0.29, 0.717) is 24.5 Å². The molecule has 0 bridgehead atoms. The van der Waals surface area contributed by atoms with E-state index in [0.717, 1.165) is 43.1 Å². The monoisotopic (exact) mass is 454 g/mol. The summed E-state index contributed by atoms with van der Waals surface area (Å²) >= 11 is 1.61. The standard InChI is InChI=1S/C22H26N6O3S/c1-4-31-10-14-15(9-25-18(29)8-23)28-20(22(24)26-11-27-28)19(14)17-7-13-5-12(2)6-16(30-3)21(13)32-17/h5-7,11H,4,8-10,23H2,1-3H3,(H,25,29)(H2,24,26,27). The van der Waals surface area contributed by atoms with Gasteiger partial charge in [0.25, 0.3) is 0 Å². The van der Waals surface area contributed by atoms with Crippen molar-refractivity contribution in [3.05, 3.63) is 41.3 Å². The van der Waals surface area contributed by atoms with Crippen molar-refractivity contribution in [1.29, 1.82) is 0 Å². The molecule has 0 radical (unpaired) electrons. The van der Waals surface area contributed by atoms with Crippen molar-refractivity contribution in [2.75, 3.05) is 26.0 Å². The Bertz CT molecular complexity index is 1300. The number of anilines is 1. The molecule has 0 spiro atoms. The van der Waals surface area contributed by atoms with E-state index < -0.39 is 0 Å². The normalized spacial score (nSPS) is 11.4. The number of aryl methyl sites for hydroxylation is 1. The Morgan fingerprint density at radius 3 is 2.84 bits per heavy atom. The number of nitrogen functional groups attached to an aromatic ring is 1. The number of hydrogen-bond acceptors (Lipinski definition) is 8. The van der Waals surface area contributed by atoms with E-state index in [9.17, 15) is 4.79 Å². The number of hydrogen-bond donors (Lipinski definition) is 3. The van der Waals surface area contributed by atoms with Crippen LogP contribution in [-0.4, -0.2) is 40.8 Å². The fraction of sp³-hybridized carbons (Fsp3) is 0.318. The molecule has 1 amide bonds. The second-order valence-electron chi connectivity index (χ2n) is 7.32. The van der Waals surface area contributed by atoms with Gasteiger partial charge in [0, 0.05) is 22.6 Å². The van der Waals surface area contributed by atoms with Gasteiger partial charge >= 0.3 is 0 Å². The topological polar surface area (TPSA) is 130 Å². The number of nitrogens with zero attached hydrogens (tertiary/aromatic N) is 3. The summed E-state index contributed by atoms with van der Waals surface area (Å²) in [5.41, 5.74) is 16.2. The molecule has 0 unspecified atom stereocenters. The number of nitrogens with two attached hydrogens (primary N) is 2. The minimum Gasteiger partial charge on any atom is -0.495 e. The summed E-state index contributed by atoms with van der Waals surface area (Å²) in [6, 6.07) is 6.27. The molecule has 5 N–H and O–H groups in total. The molecule has 9 nitrogen and oxygen atoms in total. The molecular formula is C22H26N6O3S. The Morgan fingerprint density at radius 1 is 1.31 bits per heavy atom. The summed E-state index contributed by atoms with van der Waals surface area (Å²) in [7, 11) is 1.67. The van der Waals surface area contributed by atoms with Crippen LogP contribution < -0.4 is 21.5 Å². The van der Waals surface area contributed by atoms with Crippen LogP contribution in [0.4, 0.5) is 5.82 Å². The van der Waals surface area contributed by atoms with Gasteiger partial charge in [0.2, 0.25) is 5.91 Å². The fourth-order valence-corrected chi connectivity index (χ4v) is 5.03. The van der Waals surface area contributed by atoms with Crippen molar-refractivity contribution in [2.24, 2.45) is 5.73 Å². The Balaban J connectivity index is 1.99. The van der Waals surface area contributed by atoms with Gasteiger partial charge in [-0.15, -0.1) is 11.3 Å². The minimum atomic E-state index is -0.257. The molecule has 4 aromatic rings. The van der Waals surface area contributed by atoms with Crippen LogP contribution in [0.15, 0.2) is 24.5 Å². The number of benzene rings is 1. The molecule has 3 heterocycles. The van der Waals surface area contributed by atoms with E-state index >= 15 is 0 Å². The van der Waals surface area contributed by atoms with E-state index in [1.807, 2.05) is 19.9 Å². The molecule has 10 heteroatoms. The maximum absolute atomic E-state index is 11.9. The lowest BCUT2D eigenvalue weighted by Gasteiger charge is -2.08. The van der Waals surface area contributed by atoms with Gasteiger partial charge in [-0.05, 0) is 36.9 Å². The van der Waals surface area contributed by atoms with E-state index in [1.165, 1.54) is 6.33 Å². The molecule has 0 aliphatic carbocycles. The lowest BCUT2D eigenvalue weighted by atomic mass is 10.1. The van der Waals surface area contributed by atoms with Crippen LogP contribution in [0.3, 0.4) is 0 Å². The Labute approximate surface area is 189 Å². The molecule has 168 valence electrons. The summed E-state index contributed by atoms with van der Waals surface area (Å²) in [6.45, 7) is 5.00. The van der Waals surface area contributed by atoms with E-state index in [-0.39, 0.29) is 19.0 Å². The van der Waals surface area contributed by atoms with Crippen LogP contribution in [-0.2, 0) is 22.7 Å². The summed E-state index contributed by atoms with van der Waals surface area (Å²) in [5.74, 6) is 0.920. The minimum absolute atomic E-state index is 0.0937. The molecule has 4 rings (SSSR count). The first-order valence-electron chi connectivity index (χ1n) is 10.2. The van der Waals surface area contributed by atoms with Crippen molar-refractivity contribution in [1.82, 2.24) is 19.9 Å². The predicted molar refractivity (Wildman–Crippen MR) is 126 cm³/mol. The third-order valence-corrected chi connectivity index (χ3v) is 6.43. The number of ether oxygens (including phenoxy) is 2. The Kier molecular flexibility index (Phi) is 6.26. The van der Waals surface area contributed by atoms with Gasteiger partial charge in [-0.25, -0.2) is 9.50 Å². The number of aromatic nitrogens is 3. The summed E-state index contributed by atoms with van der Waals surface area (Å²) in [6.07, 6.45) is 1.40. The van der Waals surface area contributed by atoms with Gasteiger partial charge in [-0.1, -0.05) is 6.07 Å². The first-order chi connectivity index (χ1) is 15.5. The van der Waals surface area contributed by atoms with Crippen molar-refractivity contribution in [3.63, 3.8) is 0 Å². The SMILES string of the molecule is CCOCc1c(-c2cc3cc(C)cc(OC)c3s2)c2c(N)ncnn2c1CNC(=O)CN. The average Bonchev–Trinajstić information content (AvgIpc) is 3.34. The number of rotatable bonds is 8. The largest absolute Gasteiger partial charge is 0.495 e. The van der Waals surface area contributed by atoms with Crippen LogP contribution in [0.25, 0.3) is 26.0 Å². The van der Waals surface area contributed by atoms with Crippen molar-refractivity contribution < 1.29 is 14.3 Å². The van der Waals surface area contributed by atoms with Crippen molar-refractivity contribution in [2.45, 2.75) is 27.0 Å². The Hall–Kier alpha value is -3.21. The first kappa shape index (κ1) is 22.0. The molecule has 0 saturated heterocycles. The Morgan fingerprint density at radius 2 is 2.12 bits per heavy atom. The second kappa shape index (κ2) is 9.11. The number of amides is 1. The molecule has 0 aliphatic heterocycles. The highest BCUT2D eigenvalue weighted by molar-refractivity contribution is 7.22. The molecule has 0 aliphatic rings. The van der Waals surface area contributed by atoms with Crippen LogP contribution in [0.2, 0.25) is 0 Å². The lowest BCUT2D eigenvalue weighted by Crippen LogP contribution is -2.30. The first-order valence-corrected chi connectivity index (χ1v) is 11.1. The number of methoxy groups -OCH3 is 1. The smallest absolute Gasteiger partial charge is 0.234 e. The summed E-state index contributed by atoms with van der Waals surface area (Å²) in [5, 5.41) is 8.35. The second-order valence-corrected chi connectivity index (χ2v) is 8.37. The number of carbonyl (C=O) groups is 1. The van der Waals surface area contributed by atoms with E-state index in [1.54, 1.807) is 23.0 Å². The van der Waals surface area contributed by atoms with Crippen molar-refractivity contribution in [3.8, 4) is 16.2 Å². The zero-order valence-electron chi connectivity index (χ0n) is 18.3. The highest BCUT2D eigenvalue weighted by Gasteiger charge is 2.25. The zero-order chi connectivity index (χ0) is 22.8. The van der Waals surface area contributed by atoms with Gasteiger partial charge in [0.1, 0.15) is 17.6 Å². The maximum atomic E-state index is 11.9. The number of carbonyl (C=O) groups excluding carboxylic acids is 1. The fourth-order valence-electron chi connectivity index (χ4n) is 3.82. The van der Waals surface area contributed by atoms with Gasteiger partial charge in [0.05, 0.1) is 37.2 Å². The predicted octanol–water partition coefficient (Wildman–Crippen LogP) is 2.62. The third-order valence-electron chi connectivity index (χ3n) is 5.24. The van der Waals surface area contributed by atoms with Gasteiger partial charge in [-0.2, -0.15) is 5.10 Å². The zero-order valence-corrected chi connectivity index (χ0v) is 19.1. The van der Waals surface area contributed by atoms with Gasteiger partial charge in [-0.3, -0.25) is 4.79 Å². The molecule has 1 aromatic carbocycles. The summed E-state index contributed by atoms with van der Waals surface area (Å²) in [4.78, 5) is 17.1. The maximum Gasteiger partial charge on any atom is 0.234 e. The molecule has 0 atom stereocenters. The number of fused-ring (bicyclic) bond motifs is 2. The van der Waals surface area contributed by atoms with Gasteiger partial charge in [0.15, 0.2) is 5.82 Å². The average molecular weight is 455 g/mol. The van der Waals surface area contributed by atoms with Crippen LogP contribution in [0, 0.1) is 6.92 Å². The molecule has 0 saturated carbocycles. The van der Waals surface area contributed by atoms with E-state index in [2.05, 4.69) is 27.5 Å². The lowest BCUT2D eigenvalue weighted by molar-refractivity contribution is -0.119. The van der Waals surface area contributed by atoms with Crippen LogP contribution in [0.1, 0.15) is 23.7 Å². The highest BCUT2D eigenvalue weighted by Crippen LogP contribution is 2.44. The quantitative estimate of drug-likeness (QED) is 0.373. The molecular weight excluding hydrogens is 428 g/mol. The van der Waals surface area contributed by atoms with Gasteiger partial charge < -0.3 is 26.3 Å². The molecule has 0 fully saturated rings. The van der Waals surface area contributed by atoms with Crippen LogP contribution >= 0.6 is 11.3 Å². The molecule has 32 heavy (non-hydrogen) atoms. The number of thiophene rings is 1. The number of nitrogens with one attached hydrogen (secondary N) is 1. The van der Waals surface area contributed by atoms with Crippen molar-refractivity contribution >= 4 is 38.7 Å². The molecule has 3 aromatic heterocycles. The van der Waals surface area contributed by atoms with Crippen LogP contribution in [0.5, 0.6) is 5.75 Å². The third kappa shape index (κ3) is 3.88.